The average molecular weight is 277 g/mol. The molecule has 2 rings (SSSR count). The molecule has 1 aliphatic carbocycles. The maximum atomic E-state index is 11.7. The number of pyridine rings is 1. The van der Waals surface area contributed by atoms with Gasteiger partial charge in [0.15, 0.2) is 0 Å². The summed E-state index contributed by atoms with van der Waals surface area (Å²) in [6.07, 6.45) is 4.72. The highest BCUT2D eigenvalue weighted by Crippen LogP contribution is 2.45. The van der Waals surface area contributed by atoms with Gasteiger partial charge in [-0.2, -0.15) is 0 Å². The van der Waals surface area contributed by atoms with Crippen molar-refractivity contribution in [2.75, 3.05) is 7.11 Å². The number of methoxy groups -OCH3 is 1. The zero-order chi connectivity index (χ0) is 14.9. The van der Waals surface area contributed by atoms with Gasteiger partial charge in [0.05, 0.1) is 12.5 Å². The molecular formula is C16H23NO3. The molecule has 1 N–H and O–H groups in total. The van der Waals surface area contributed by atoms with E-state index in [1.807, 2.05) is 13.8 Å². The van der Waals surface area contributed by atoms with Crippen LogP contribution in [0.5, 0.6) is 5.75 Å². The van der Waals surface area contributed by atoms with Crippen molar-refractivity contribution in [2.45, 2.75) is 46.5 Å². The number of aromatic nitrogens is 1. The van der Waals surface area contributed by atoms with Gasteiger partial charge in [-0.25, -0.2) is 0 Å². The van der Waals surface area contributed by atoms with Crippen LogP contribution < -0.4 is 4.74 Å². The molecule has 0 amide bonds. The average Bonchev–Trinajstić information content (AvgIpc) is 2.76. The van der Waals surface area contributed by atoms with E-state index in [4.69, 9.17) is 4.74 Å². The highest BCUT2D eigenvalue weighted by Gasteiger charge is 2.44. The topological polar surface area (TPSA) is 59.4 Å². The van der Waals surface area contributed by atoms with Gasteiger partial charge in [-0.1, -0.05) is 6.92 Å². The van der Waals surface area contributed by atoms with Gasteiger partial charge < -0.3 is 9.84 Å². The first-order chi connectivity index (χ1) is 9.39. The van der Waals surface area contributed by atoms with Gasteiger partial charge in [0.2, 0.25) is 0 Å². The first-order valence-corrected chi connectivity index (χ1v) is 7.12. The predicted molar refractivity (Wildman–Crippen MR) is 77.1 cm³/mol. The number of carboxylic acids is 1. The fraction of sp³-hybridized carbons (Fsp3) is 0.625. The third-order valence-electron chi connectivity index (χ3n) is 4.56. The van der Waals surface area contributed by atoms with E-state index in [2.05, 4.69) is 11.9 Å². The molecule has 1 saturated carbocycles. The number of carboxylic acid groups (broad SMARTS) is 1. The van der Waals surface area contributed by atoms with Gasteiger partial charge in [0.1, 0.15) is 5.75 Å². The normalized spacial score (nSPS) is 25.7. The molecule has 1 aromatic heterocycles. The van der Waals surface area contributed by atoms with E-state index in [9.17, 15) is 9.90 Å². The molecule has 0 radical (unpaired) electrons. The van der Waals surface area contributed by atoms with Crippen molar-refractivity contribution in [3.05, 3.63) is 23.0 Å². The van der Waals surface area contributed by atoms with Crippen molar-refractivity contribution >= 4 is 5.97 Å². The highest BCUT2D eigenvalue weighted by molar-refractivity contribution is 5.75. The lowest BCUT2D eigenvalue weighted by atomic mass is 9.80. The molecule has 110 valence electrons. The Bertz CT molecular complexity index is 527. The molecule has 0 spiro atoms. The van der Waals surface area contributed by atoms with Gasteiger partial charge in [0, 0.05) is 29.4 Å². The first-order valence-electron chi connectivity index (χ1n) is 7.12. The van der Waals surface area contributed by atoms with Gasteiger partial charge in [0.25, 0.3) is 0 Å². The van der Waals surface area contributed by atoms with E-state index >= 15 is 0 Å². The smallest absolute Gasteiger partial charge is 0.310 e. The number of hydrogen-bond donors (Lipinski definition) is 1. The van der Waals surface area contributed by atoms with E-state index in [0.29, 0.717) is 12.3 Å². The van der Waals surface area contributed by atoms with Gasteiger partial charge in [-0.15, -0.1) is 0 Å². The lowest BCUT2D eigenvalue weighted by Crippen LogP contribution is -2.31. The minimum absolute atomic E-state index is 0.471. The van der Waals surface area contributed by atoms with Crippen molar-refractivity contribution in [2.24, 2.45) is 11.3 Å². The highest BCUT2D eigenvalue weighted by atomic mass is 16.5. The van der Waals surface area contributed by atoms with E-state index in [1.54, 1.807) is 13.3 Å². The van der Waals surface area contributed by atoms with Gasteiger partial charge in [-0.3, -0.25) is 9.78 Å². The number of aryl methyl sites for hydroxylation is 1. The number of carbonyl (C=O) groups is 1. The molecule has 1 aromatic rings. The maximum Gasteiger partial charge on any atom is 0.310 e. The van der Waals surface area contributed by atoms with Crippen molar-refractivity contribution in [1.82, 2.24) is 4.98 Å². The van der Waals surface area contributed by atoms with E-state index < -0.39 is 11.4 Å². The summed E-state index contributed by atoms with van der Waals surface area (Å²) < 4.78 is 5.41. The third kappa shape index (κ3) is 2.51. The van der Waals surface area contributed by atoms with Crippen molar-refractivity contribution < 1.29 is 14.6 Å². The molecule has 2 unspecified atom stereocenters. The Morgan fingerprint density at radius 3 is 2.75 bits per heavy atom. The molecule has 20 heavy (non-hydrogen) atoms. The summed E-state index contributed by atoms with van der Waals surface area (Å²) in [5, 5.41) is 9.66. The zero-order valence-electron chi connectivity index (χ0n) is 12.7. The van der Waals surface area contributed by atoms with Crippen LogP contribution in [-0.4, -0.2) is 23.2 Å². The fourth-order valence-electron chi connectivity index (χ4n) is 3.39. The molecule has 4 heteroatoms. The van der Waals surface area contributed by atoms with Crippen LogP contribution in [0.15, 0.2) is 6.20 Å². The Morgan fingerprint density at radius 2 is 2.25 bits per heavy atom. The summed E-state index contributed by atoms with van der Waals surface area (Å²) in [5.74, 6) is 0.600. The SMILES string of the molecule is COc1c(C)cnc(CC2(C(=O)O)CCC(C)C2)c1C. The summed E-state index contributed by atoms with van der Waals surface area (Å²) in [5.41, 5.74) is 2.15. The van der Waals surface area contributed by atoms with E-state index in [-0.39, 0.29) is 0 Å². The number of hydrogen-bond acceptors (Lipinski definition) is 3. The fourth-order valence-corrected chi connectivity index (χ4v) is 3.39. The molecular weight excluding hydrogens is 254 g/mol. The van der Waals surface area contributed by atoms with Crippen molar-refractivity contribution in [1.29, 1.82) is 0 Å². The number of nitrogens with zero attached hydrogens (tertiary/aromatic N) is 1. The van der Waals surface area contributed by atoms with E-state index in [1.165, 1.54) is 0 Å². The summed E-state index contributed by atoms with van der Waals surface area (Å²) in [6, 6.07) is 0. The second-order valence-corrected chi connectivity index (χ2v) is 6.16. The first kappa shape index (κ1) is 14.8. The van der Waals surface area contributed by atoms with Crippen molar-refractivity contribution in [3.63, 3.8) is 0 Å². The van der Waals surface area contributed by atoms with Crippen LogP contribution in [0.4, 0.5) is 0 Å². The molecule has 1 aliphatic rings. The van der Waals surface area contributed by atoms with Crippen LogP contribution in [0.25, 0.3) is 0 Å². The Morgan fingerprint density at radius 1 is 1.55 bits per heavy atom. The number of aliphatic carboxylic acids is 1. The standard InChI is InChI=1S/C16H23NO3/c1-10-5-6-16(7-10,15(18)19)8-13-12(3)14(20-4)11(2)9-17-13/h9-10H,5-8H2,1-4H3,(H,18,19). The second-order valence-electron chi connectivity index (χ2n) is 6.16. The maximum absolute atomic E-state index is 11.7. The van der Waals surface area contributed by atoms with Gasteiger partial charge in [-0.05, 0) is 39.0 Å². The molecule has 4 nitrogen and oxygen atoms in total. The van der Waals surface area contributed by atoms with Crippen LogP contribution in [0.1, 0.15) is 43.0 Å². The minimum atomic E-state index is -0.692. The lowest BCUT2D eigenvalue weighted by Gasteiger charge is -2.25. The molecule has 0 aromatic carbocycles. The second kappa shape index (κ2) is 5.43. The van der Waals surface area contributed by atoms with Crippen molar-refractivity contribution in [3.8, 4) is 5.75 Å². The monoisotopic (exact) mass is 277 g/mol. The quantitative estimate of drug-likeness (QED) is 0.918. The molecule has 0 aliphatic heterocycles. The summed E-state index contributed by atoms with van der Waals surface area (Å²) in [6.45, 7) is 6.04. The molecule has 2 atom stereocenters. The predicted octanol–water partition coefficient (Wildman–Crippen LogP) is 3.14. The Kier molecular flexibility index (Phi) is 4.02. The third-order valence-corrected chi connectivity index (χ3v) is 4.56. The Balaban J connectivity index is 2.35. The van der Waals surface area contributed by atoms with Crippen LogP contribution in [0.3, 0.4) is 0 Å². The summed E-state index contributed by atoms with van der Waals surface area (Å²) in [4.78, 5) is 16.2. The van der Waals surface area contributed by atoms with Crippen LogP contribution in [0, 0.1) is 25.2 Å². The summed E-state index contributed by atoms with van der Waals surface area (Å²) >= 11 is 0. The zero-order valence-corrected chi connectivity index (χ0v) is 12.7. The largest absolute Gasteiger partial charge is 0.496 e. The van der Waals surface area contributed by atoms with Crippen LogP contribution in [0.2, 0.25) is 0 Å². The number of ether oxygens (including phenoxy) is 1. The molecule has 0 saturated heterocycles. The van der Waals surface area contributed by atoms with Crippen LogP contribution >= 0.6 is 0 Å². The Hall–Kier alpha value is -1.58. The lowest BCUT2D eigenvalue weighted by molar-refractivity contribution is -0.148. The number of rotatable bonds is 4. The summed E-state index contributed by atoms with van der Waals surface area (Å²) in [7, 11) is 1.64. The Labute approximate surface area is 120 Å². The van der Waals surface area contributed by atoms with Crippen LogP contribution in [-0.2, 0) is 11.2 Å². The molecule has 1 fully saturated rings. The molecule has 0 bridgehead atoms. The van der Waals surface area contributed by atoms with E-state index in [0.717, 1.165) is 41.8 Å². The minimum Gasteiger partial charge on any atom is -0.496 e. The molecule has 1 heterocycles. The van der Waals surface area contributed by atoms with Gasteiger partial charge >= 0.3 is 5.97 Å².